The van der Waals surface area contributed by atoms with E-state index in [4.69, 9.17) is 28.4 Å². The first-order chi connectivity index (χ1) is 16.1. The molecule has 33 heavy (non-hydrogen) atoms. The van der Waals surface area contributed by atoms with Crippen molar-refractivity contribution in [2.75, 3.05) is 41.7 Å². The topological polar surface area (TPSA) is 75.7 Å². The fraction of sp³-hybridized carbons (Fsp3) is 0.480. The lowest BCUT2D eigenvalue weighted by Crippen LogP contribution is -2.40. The maximum atomic E-state index is 13.0. The smallest absolute Gasteiger partial charge is 0.335 e. The van der Waals surface area contributed by atoms with Gasteiger partial charge in [0, 0.05) is 29.7 Å². The Hall–Kier alpha value is -3.13. The number of carbonyl (C=O) groups excluding carboxylic acids is 1. The van der Waals surface area contributed by atoms with E-state index in [-0.39, 0.29) is 18.8 Å². The van der Waals surface area contributed by atoms with E-state index < -0.39 is 6.10 Å². The molecule has 0 saturated carbocycles. The summed E-state index contributed by atoms with van der Waals surface area (Å²) in [6.07, 6.45) is 6.22. The van der Waals surface area contributed by atoms with Crippen molar-refractivity contribution in [1.82, 2.24) is 4.90 Å². The Morgan fingerprint density at radius 3 is 2.64 bits per heavy atom. The Morgan fingerprint density at radius 2 is 1.88 bits per heavy atom. The van der Waals surface area contributed by atoms with Gasteiger partial charge >= 0.3 is 5.97 Å². The molecule has 2 atom stereocenters. The van der Waals surface area contributed by atoms with Gasteiger partial charge in [-0.1, -0.05) is 6.08 Å². The van der Waals surface area contributed by atoms with Gasteiger partial charge < -0.3 is 28.4 Å². The summed E-state index contributed by atoms with van der Waals surface area (Å²) >= 11 is 0. The SMILES string of the molecule is COC1=C(\OC)CCCC2=C(/C=C\1)C(C1c3c(cc4c(c3OC)OCO4)CCN1C)OC2=O. The van der Waals surface area contributed by atoms with E-state index in [9.17, 15) is 4.79 Å². The van der Waals surface area contributed by atoms with E-state index >= 15 is 0 Å². The van der Waals surface area contributed by atoms with E-state index in [1.165, 1.54) is 0 Å². The summed E-state index contributed by atoms with van der Waals surface area (Å²) < 4.78 is 34.3. The third kappa shape index (κ3) is 3.53. The summed E-state index contributed by atoms with van der Waals surface area (Å²) in [5.74, 6) is 3.11. The quantitative estimate of drug-likeness (QED) is 0.640. The predicted octanol–water partition coefficient (Wildman–Crippen LogP) is 3.42. The number of fused-ring (bicyclic) bond motifs is 2. The first kappa shape index (κ1) is 21.7. The maximum absolute atomic E-state index is 13.0. The number of ether oxygens (including phenoxy) is 6. The molecule has 0 fully saturated rings. The first-order valence-corrected chi connectivity index (χ1v) is 11.2. The van der Waals surface area contributed by atoms with E-state index in [2.05, 4.69) is 4.90 Å². The highest BCUT2D eigenvalue weighted by Crippen LogP contribution is 2.52. The minimum Gasteiger partial charge on any atom is -0.497 e. The molecule has 8 heteroatoms. The summed E-state index contributed by atoms with van der Waals surface area (Å²) in [5, 5.41) is 0. The van der Waals surface area contributed by atoms with Gasteiger partial charge in [0.25, 0.3) is 0 Å². The standard InChI is InChI=1S/C25H29NO7/c1-26-11-10-14-12-19-23(32-13-31-19)24(30-4)20(14)21(26)22-15-8-9-18(29-3)17(28-2)7-5-6-16(15)25(27)33-22/h8-9,12,21-22H,5-7,10-11,13H2,1-4H3/b9-8-,18-17-. The molecule has 0 aromatic heterocycles. The third-order valence-electron chi connectivity index (χ3n) is 6.86. The largest absolute Gasteiger partial charge is 0.497 e. The van der Waals surface area contributed by atoms with Crippen LogP contribution >= 0.6 is 0 Å². The van der Waals surface area contributed by atoms with Crippen molar-refractivity contribution in [2.45, 2.75) is 37.8 Å². The zero-order valence-electron chi connectivity index (χ0n) is 19.4. The molecule has 5 rings (SSSR count). The van der Waals surface area contributed by atoms with Crippen LogP contribution in [0.1, 0.15) is 36.4 Å². The monoisotopic (exact) mass is 455 g/mol. The molecular weight excluding hydrogens is 426 g/mol. The van der Waals surface area contributed by atoms with Gasteiger partial charge in [0.1, 0.15) is 11.9 Å². The van der Waals surface area contributed by atoms with E-state index in [0.717, 1.165) is 41.8 Å². The molecule has 0 N–H and O–H groups in total. The van der Waals surface area contributed by atoms with E-state index in [1.807, 2.05) is 25.3 Å². The molecular formula is C25H29NO7. The molecule has 3 heterocycles. The fourth-order valence-corrected chi connectivity index (χ4v) is 5.26. The van der Waals surface area contributed by atoms with Gasteiger partial charge in [-0.25, -0.2) is 4.79 Å². The number of methoxy groups -OCH3 is 3. The highest BCUT2D eigenvalue weighted by atomic mass is 16.7. The Balaban J connectivity index is 1.62. The van der Waals surface area contributed by atoms with Crippen LogP contribution in [0.4, 0.5) is 0 Å². The van der Waals surface area contributed by atoms with Crippen LogP contribution in [0.25, 0.3) is 0 Å². The number of rotatable bonds is 4. The molecule has 0 saturated heterocycles. The molecule has 0 radical (unpaired) electrons. The molecule has 0 spiro atoms. The number of hydrogen-bond donors (Lipinski definition) is 0. The van der Waals surface area contributed by atoms with Crippen LogP contribution in [-0.2, 0) is 25.4 Å². The van der Waals surface area contributed by atoms with Gasteiger partial charge in [-0.05, 0) is 44.0 Å². The molecule has 1 aliphatic carbocycles. The minimum absolute atomic E-state index is 0.166. The summed E-state index contributed by atoms with van der Waals surface area (Å²) in [7, 11) is 6.95. The highest BCUT2D eigenvalue weighted by Gasteiger charge is 2.45. The molecule has 1 aromatic carbocycles. The van der Waals surface area contributed by atoms with Gasteiger partial charge in [-0.15, -0.1) is 0 Å². The number of allylic oxidation sites excluding steroid dienone is 2. The Morgan fingerprint density at radius 1 is 1.03 bits per heavy atom. The lowest BCUT2D eigenvalue weighted by molar-refractivity contribution is -0.142. The lowest BCUT2D eigenvalue weighted by Gasteiger charge is -2.38. The summed E-state index contributed by atoms with van der Waals surface area (Å²) in [6, 6.07) is 1.80. The van der Waals surface area contributed by atoms with Gasteiger partial charge in [0.15, 0.2) is 17.3 Å². The number of likely N-dealkylation sites (N-methyl/N-ethyl adjacent to an activating group) is 1. The number of hydrogen-bond acceptors (Lipinski definition) is 8. The normalized spacial score (nSPS) is 27.7. The third-order valence-corrected chi connectivity index (χ3v) is 6.86. The lowest BCUT2D eigenvalue weighted by atomic mass is 9.85. The molecule has 176 valence electrons. The number of esters is 1. The predicted molar refractivity (Wildman–Crippen MR) is 119 cm³/mol. The Kier molecular flexibility index (Phi) is 5.70. The number of benzene rings is 1. The molecule has 0 bridgehead atoms. The average Bonchev–Trinajstić information content (AvgIpc) is 3.42. The molecule has 0 amide bonds. The zero-order chi connectivity index (χ0) is 23.1. The number of carbonyl (C=O) groups is 1. The second-order valence-corrected chi connectivity index (χ2v) is 8.53. The van der Waals surface area contributed by atoms with E-state index in [1.54, 1.807) is 21.3 Å². The zero-order valence-corrected chi connectivity index (χ0v) is 19.4. The van der Waals surface area contributed by atoms with Gasteiger partial charge in [0.2, 0.25) is 12.5 Å². The minimum atomic E-state index is -0.482. The van der Waals surface area contributed by atoms with Gasteiger partial charge in [-0.3, -0.25) is 4.90 Å². The van der Waals surface area contributed by atoms with Crippen molar-refractivity contribution < 1.29 is 33.2 Å². The summed E-state index contributed by atoms with van der Waals surface area (Å²) in [6.45, 7) is 0.984. The number of cyclic esters (lactones) is 1. The van der Waals surface area contributed by atoms with Crippen LogP contribution in [0.5, 0.6) is 17.2 Å². The molecule has 4 aliphatic rings. The van der Waals surface area contributed by atoms with Crippen LogP contribution < -0.4 is 14.2 Å². The summed E-state index contributed by atoms with van der Waals surface area (Å²) in [4.78, 5) is 15.2. The molecule has 8 nitrogen and oxygen atoms in total. The Bertz CT molecular complexity index is 1070. The average molecular weight is 456 g/mol. The molecule has 1 aromatic rings. The second-order valence-electron chi connectivity index (χ2n) is 8.53. The number of nitrogens with zero attached hydrogens (tertiary/aromatic N) is 1. The molecule has 3 aliphatic heterocycles. The van der Waals surface area contributed by atoms with Crippen molar-refractivity contribution in [3.05, 3.63) is 52.0 Å². The Labute approximate surface area is 193 Å². The van der Waals surface area contributed by atoms with Crippen LogP contribution in [0.2, 0.25) is 0 Å². The van der Waals surface area contributed by atoms with Crippen molar-refractivity contribution in [3.63, 3.8) is 0 Å². The van der Waals surface area contributed by atoms with Crippen LogP contribution in [0, 0.1) is 0 Å². The van der Waals surface area contributed by atoms with Crippen molar-refractivity contribution in [1.29, 1.82) is 0 Å². The van der Waals surface area contributed by atoms with Gasteiger partial charge in [-0.2, -0.15) is 0 Å². The first-order valence-electron chi connectivity index (χ1n) is 11.2. The van der Waals surface area contributed by atoms with Crippen molar-refractivity contribution in [2.24, 2.45) is 0 Å². The van der Waals surface area contributed by atoms with Crippen LogP contribution in [-0.4, -0.2) is 58.7 Å². The van der Waals surface area contributed by atoms with E-state index in [0.29, 0.717) is 41.4 Å². The van der Waals surface area contributed by atoms with Crippen molar-refractivity contribution >= 4 is 5.97 Å². The fourth-order valence-electron chi connectivity index (χ4n) is 5.26. The second kappa shape index (κ2) is 8.67. The maximum Gasteiger partial charge on any atom is 0.335 e. The molecule has 2 unspecified atom stereocenters. The van der Waals surface area contributed by atoms with Crippen molar-refractivity contribution in [3.8, 4) is 17.2 Å². The highest BCUT2D eigenvalue weighted by molar-refractivity contribution is 5.93. The summed E-state index contributed by atoms with van der Waals surface area (Å²) in [5.41, 5.74) is 3.69. The van der Waals surface area contributed by atoms with Crippen LogP contribution in [0.15, 0.2) is 40.9 Å². The van der Waals surface area contributed by atoms with Gasteiger partial charge in [0.05, 0.1) is 27.4 Å². The van der Waals surface area contributed by atoms with Crippen LogP contribution in [0.3, 0.4) is 0 Å².